The maximum atomic E-state index is 12.9. The molecule has 138 valence electrons. The van der Waals surface area contributed by atoms with Crippen LogP contribution in [0.3, 0.4) is 0 Å². The van der Waals surface area contributed by atoms with E-state index in [4.69, 9.17) is 16.3 Å². The van der Waals surface area contributed by atoms with Gasteiger partial charge in [0.2, 0.25) is 0 Å². The first kappa shape index (κ1) is 19.3. The van der Waals surface area contributed by atoms with Crippen LogP contribution in [0.15, 0.2) is 72.8 Å². The number of hydrogen-bond donors (Lipinski definition) is 0. The smallest absolute Gasteiger partial charge is 0.315 e. The van der Waals surface area contributed by atoms with Crippen molar-refractivity contribution in [1.29, 1.82) is 5.26 Å². The molecule has 0 fully saturated rings. The summed E-state index contributed by atoms with van der Waals surface area (Å²) in [5.74, 6) is -0.439. The first-order valence-electron chi connectivity index (χ1n) is 8.46. The van der Waals surface area contributed by atoms with E-state index in [0.717, 1.165) is 11.1 Å². The Labute approximate surface area is 167 Å². The van der Waals surface area contributed by atoms with E-state index < -0.39 is 5.97 Å². The molecule has 0 aliphatic carbocycles. The average molecular weight is 392 g/mol. The summed E-state index contributed by atoms with van der Waals surface area (Å²) in [7, 11) is 0. The quantitative estimate of drug-likeness (QED) is 0.243. The number of allylic oxidation sites excluding steroid dienone is 1. The molecule has 5 heteroatoms. The molecule has 0 spiro atoms. The van der Waals surface area contributed by atoms with Gasteiger partial charge >= 0.3 is 5.97 Å². The number of ether oxygens (including phenoxy) is 1. The number of esters is 1. The number of carbonyl (C=O) groups is 1. The Kier molecular flexibility index (Phi) is 6.21. The van der Waals surface area contributed by atoms with Gasteiger partial charge in [0.25, 0.3) is 0 Å². The molecule has 3 rings (SSSR count). The Morgan fingerprint density at radius 3 is 2.46 bits per heavy atom. The average Bonchev–Trinajstić information content (AvgIpc) is 2.69. The van der Waals surface area contributed by atoms with E-state index in [2.05, 4.69) is 6.07 Å². The Bertz CT molecular complexity index is 1050. The summed E-state index contributed by atoms with van der Waals surface area (Å²) < 4.78 is 18.3. The van der Waals surface area contributed by atoms with Crippen LogP contribution in [0, 0.1) is 17.1 Å². The normalized spacial score (nSPS) is 11.0. The number of nitriles is 1. The molecule has 0 saturated carbocycles. The minimum atomic E-state index is -0.453. The van der Waals surface area contributed by atoms with Crippen LogP contribution in [-0.4, -0.2) is 5.97 Å². The topological polar surface area (TPSA) is 50.1 Å². The summed E-state index contributed by atoms with van der Waals surface area (Å²) in [4.78, 5) is 12.1. The van der Waals surface area contributed by atoms with Gasteiger partial charge in [-0.15, -0.1) is 0 Å². The zero-order valence-electron chi connectivity index (χ0n) is 14.7. The molecule has 0 unspecified atom stereocenters. The van der Waals surface area contributed by atoms with Gasteiger partial charge in [0, 0.05) is 5.02 Å². The summed E-state index contributed by atoms with van der Waals surface area (Å²) in [6.45, 7) is 0. The van der Waals surface area contributed by atoms with Crippen LogP contribution in [0.1, 0.15) is 16.7 Å². The third-order valence-corrected chi connectivity index (χ3v) is 4.19. The second kappa shape index (κ2) is 8.98. The second-order valence-electron chi connectivity index (χ2n) is 6.03. The molecule has 0 bridgehead atoms. The number of rotatable bonds is 5. The molecule has 0 atom stereocenters. The molecule has 0 radical (unpaired) electrons. The van der Waals surface area contributed by atoms with Crippen LogP contribution >= 0.6 is 11.6 Å². The minimum absolute atomic E-state index is 0.0363. The van der Waals surface area contributed by atoms with Gasteiger partial charge < -0.3 is 4.74 Å². The summed E-state index contributed by atoms with van der Waals surface area (Å²) in [5, 5.41) is 10.0. The maximum absolute atomic E-state index is 12.9. The zero-order valence-corrected chi connectivity index (χ0v) is 15.5. The molecule has 0 aliphatic rings. The Morgan fingerprint density at radius 2 is 1.79 bits per heavy atom. The number of nitrogens with zero attached hydrogens (tertiary/aromatic N) is 1. The van der Waals surface area contributed by atoms with Crippen molar-refractivity contribution in [3.8, 4) is 11.8 Å². The predicted octanol–water partition coefficient (Wildman–Crippen LogP) is 5.69. The fourth-order valence-electron chi connectivity index (χ4n) is 2.58. The Morgan fingerprint density at radius 1 is 1.07 bits per heavy atom. The van der Waals surface area contributed by atoms with Gasteiger partial charge in [-0.1, -0.05) is 48.0 Å². The van der Waals surface area contributed by atoms with E-state index in [0.29, 0.717) is 21.9 Å². The van der Waals surface area contributed by atoms with Gasteiger partial charge in [0.05, 0.1) is 18.1 Å². The number of benzene rings is 3. The lowest BCUT2D eigenvalue weighted by Crippen LogP contribution is -2.11. The highest BCUT2D eigenvalue weighted by molar-refractivity contribution is 6.30. The summed E-state index contributed by atoms with van der Waals surface area (Å²) >= 11 is 5.89. The van der Waals surface area contributed by atoms with E-state index >= 15 is 0 Å². The number of carbonyl (C=O) groups excluding carboxylic acids is 1. The third kappa shape index (κ3) is 5.29. The highest BCUT2D eigenvalue weighted by Crippen LogP contribution is 2.22. The van der Waals surface area contributed by atoms with E-state index in [1.807, 2.05) is 6.07 Å². The van der Waals surface area contributed by atoms with Gasteiger partial charge in [-0.2, -0.15) is 5.26 Å². The van der Waals surface area contributed by atoms with Crippen molar-refractivity contribution in [2.24, 2.45) is 0 Å². The molecular formula is C23H15ClFNO2. The molecule has 3 aromatic carbocycles. The van der Waals surface area contributed by atoms with Crippen LogP contribution in [0.2, 0.25) is 5.02 Å². The second-order valence-corrected chi connectivity index (χ2v) is 6.46. The highest BCUT2D eigenvalue weighted by atomic mass is 35.5. The molecule has 0 amide bonds. The summed E-state index contributed by atoms with van der Waals surface area (Å²) in [6, 6.07) is 21.7. The van der Waals surface area contributed by atoms with Gasteiger partial charge in [-0.3, -0.25) is 4.79 Å². The van der Waals surface area contributed by atoms with Crippen molar-refractivity contribution >= 4 is 29.2 Å². The van der Waals surface area contributed by atoms with E-state index in [1.54, 1.807) is 60.7 Å². The Balaban J connectivity index is 1.74. The lowest BCUT2D eigenvalue weighted by molar-refractivity contribution is -0.133. The van der Waals surface area contributed by atoms with E-state index in [-0.39, 0.29) is 12.2 Å². The summed E-state index contributed by atoms with van der Waals surface area (Å²) in [6.07, 6.45) is 1.75. The third-order valence-electron chi connectivity index (χ3n) is 3.94. The van der Waals surface area contributed by atoms with Crippen LogP contribution < -0.4 is 4.74 Å². The van der Waals surface area contributed by atoms with E-state index in [1.165, 1.54) is 12.1 Å². The van der Waals surface area contributed by atoms with E-state index in [9.17, 15) is 14.4 Å². The van der Waals surface area contributed by atoms with Gasteiger partial charge in [0.15, 0.2) is 0 Å². The largest absolute Gasteiger partial charge is 0.426 e. The van der Waals surface area contributed by atoms with Crippen molar-refractivity contribution in [3.63, 3.8) is 0 Å². The standard InChI is InChI=1S/C23H15ClFNO2/c24-20-8-6-18(7-9-20)19(15-26)12-17-2-1-3-22(13-17)28-23(27)14-16-4-10-21(25)11-5-16/h1-13H,14H2/b19-12-. The van der Waals surface area contributed by atoms with Crippen molar-refractivity contribution < 1.29 is 13.9 Å². The molecular weight excluding hydrogens is 377 g/mol. The lowest BCUT2D eigenvalue weighted by Gasteiger charge is -2.06. The fraction of sp³-hybridized carbons (Fsp3) is 0.0435. The van der Waals surface area contributed by atoms with Crippen LogP contribution in [-0.2, 0) is 11.2 Å². The van der Waals surface area contributed by atoms with Crippen molar-refractivity contribution in [1.82, 2.24) is 0 Å². The van der Waals surface area contributed by atoms with Gasteiger partial charge in [0.1, 0.15) is 11.6 Å². The van der Waals surface area contributed by atoms with Gasteiger partial charge in [-0.25, -0.2) is 4.39 Å². The molecule has 0 saturated heterocycles. The molecule has 28 heavy (non-hydrogen) atoms. The molecule has 3 nitrogen and oxygen atoms in total. The van der Waals surface area contributed by atoms with Gasteiger partial charge in [-0.05, 0) is 59.2 Å². The number of halogens is 2. The maximum Gasteiger partial charge on any atom is 0.315 e. The van der Waals surface area contributed by atoms with Crippen LogP contribution in [0.5, 0.6) is 5.75 Å². The van der Waals surface area contributed by atoms with Crippen LogP contribution in [0.25, 0.3) is 11.6 Å². The Hall–Kier alpha value is -3.42. The molecule has 0 aliphatic heterocycles. The number of hydrogen-bond acceptors (Lipinski definition) is 3. The SMILES string of the molecule is N#C/C(=C/c1cccc(OC(=O)Cc2ccc(F)cc2)c1)c1ccc(Cl)cc1. The monoisotopic (exact) mass is 391 g/mol. The zero-order chi connectivity index (χ0) is 19.9. The summed E-state index contributed by atoms with van der Waals surface area (Å²) in [5.41, 5.74) is 2.59. The molecule has 3 aromatic rings. The molecule has 0 heterocycles. The van der Waals surface area contributed by atoms with Crippen molar-refractivity contribution in [2.75, 3.05) is 0 Å². The molecule has 0 aromatic heterocycles. The lowest BCUT2D eigenvalue weighted by atomic mass is 10.0. The fourth-order valence-corrected chi connectivity index (χ4v) is 2.71. The first-order valence-corrected chi connectivity index (χ1v) is 8.84. The van der Waals surface area contributed by atoms with Crippen molar-refractivity contribution in [2.45, 2.75) is 6.42 Å². The van der Waals surface area contributed by atoms with Crippen molar-refractivity contribution in [3.05, 3.63) is 100 Å². The predicted molar refractivity (Wildman–Crippen MR) is 107 cm³/mol. The molecule has 0 N–H and O–H groups in total. The van der Waals surface area contributed by atoms with Crippen LogP contribution in [0.4, 0.5) is 4.39 Å². The highest BCUT2D eigenvalue weighted by Gasteiger charge is 2.08. The first-order chi connectivity index (χ1) is 13.5. The minimum Gasteiger partial charge on any atom is -0.426 e.